The Hall–Kier alpha value is -3.35. The van der Waals surface area contributed by atoms with Gasteiger partial charge in [0.25, 0.3) is 5.89 Å². The van der Waals surface area contributed by atoms with Crippen LogP contribution >= 0.6 is 0 Å². The van der Waals surface area contributed by atoms with Crippen LogP contribution in [0.5, 0.6) is 0 Å². The van der Waals surface area contributed by atoms with Gasteiger partial charge in [-0.15, -0.1) is 0 Å². The van der Waals surface area contributed by atoms with Crippen molar-refractivity contribution < 1.29 is 22.2 Å². The molecule has 1 aliphatic rings. The Balaban J connectivity index is 1.69. The predicted molar refractivity (Wildman–Crippen MR) is 94.8 cm³/mol. The van der Waals surface area contributed by atoms with Gasteiger partial charge in [0.1, 0.15) is 11.3 Å². The van der Waals surface area contributed by atoms with Gasteiger partial charge in [-0.2, -0.15) is 23.4 Å². The molecule has 1 aromatic carbocycles. The highest BCUT2D eigenvalue weighted by Gasteiger charge is 2.41. The van der Waals surface area contributed by atoms with Crippen molar-refractivity contribution in [1.82, 2.24) is 15.3 Å². The molecule has 150 valence electrons. The zero-order chi connectivity index (χ0) is 20.9. The van der Waals surface area contributed by atoms with Crippen molar-refractivity contribution in [3.63, 3.8) is 0 Å². The van der Waals surface area contributed by atoms with Crippen molar-refractivity contribution in [2.24, 2.45) is 0 Å². The Morgan fingerprint density at radius 3 is 2.62 bits per heavy atom. The average Bonchev–Trinajstić information content (AvgIpc) is 3.32. The number of hydrogen-bond acceptors (Lipinski definition) is 7. The Labute approximate surface area is 163 Å². The first-order valence-electron chi connectivity index (χ1n) is 8.86. The number of nitrogens with zero attached hydrogens (tertiary/aromatic N) is 5. The molecule has 1 aliphatic heterocycles. The summed E-state index contributed by atoms with van der Waals surface area (Å²) in [6, 6.07) is 4.18. The molecule has 0 saturated heterocycles. The SMILES string of the molecule is Cc1noc(C)c1-c1nc(CN2c3ccc(C#N)c(C(F)(F)F)c3CC2C)no1. The summed E-state index contributed by atoms with van der Waals surface area (Å²) in [6.07, 6.45) is -4.43. The maximum atomic E-state index is 13.6. The quantitative estimate of drug-likeness (QED) is 0.648. The van der Waals surface area contributed by atoms with Gasteiger partial charge in [-0.05, 0) is 44.9 Å². The second-order valence-corrected chi connectivity index (χ2v) is 6.99. The van der Waals surface area contributed by atoms with Crippen LogP contribution in [0.1, 0.15) is 40.9 Å². The normalized spacial score (nSPS) is 16.2. The van der Waals surface area contributed by atoms with Gasteiger partial charge in [0.15, 0.2) is 5.82 Å². The molecule has 3 aromatic rings. The maximum absolute atomic E-state index is 13.6. The fourth-order valence-corrected chi connectivity index (χ4v) is 3.77. The Morgan fingerprint density at radius 1 is 1.24 bits per heavy atom. The Kier molecular flexibility index (Phi) is 4.33. The standard InChI is InChI=1S/C19H16F3N5O2/c1-9-6-13-14(5-4-12(7-23)17(13)19(20,21)22)27(9)8-15-24-18(29-26-15)16-10(2)25-28-11(16)3/h4-5,9H,6,8H2,1-3H3. The fraction of sp³-hybridized carbons (Fsp3) is 0.368. The fourth-order valence-electron chi connectivity index (χ4n) is 3.77. The molecule has 0 bridgehead atoms. The summed E-state index contributed by atoms with van der Waals surface area (Å²) < 4.78 is 51.2. The second-order valence-electron chi connectivity index (χ2n) is 6.99. The number of halogens is 3. The van der Waals surface area contributed by atoms with E-state index in [0.717, 1.165) is 0 Å². The maximum Gasteiger partial charge on any atom is 0.418 e. The predicted octanol–water partition coefficient (Wildman–Crippen LogP) is 4.18. The molecule has 7 nitrogen and oxygen atoms in total. The number of hydrogen-bond donors (Lipinski definition) is 0. The first-order valence-corrected chi connectivity index (χ1v) is 8.86. The molecule has 0 aliphatic carbocycles. The number of aromatic nitrogens is 3. The van der Waals surface area contributed by atoms with E-state index in [1.807, 2.05) is 6.92 Å². The van der Waals surface area contributed by atoms with Crippen molar-refractivity contribution in [2.75, 3.05) is 4.90 Å². The van der Waals surface area contributed by atoms with Gasteiger partial charge < -0.3 is 13.9 Å². The summed E-state index contributed by atoms with van der Waals surface area (Å²) in [7, 11) is 0. The van der Waals surface area contributed by atoms with Gasteiger partial charge >= 0.3 is 6.18 Å². The Bertz CT molecular complexity index is 1110. The van der Waals surface area contributed by atoms with Crippen molar-refractivity contribution in [1.29, 1.82) is 5.26 Å². The number of rotatable bonds is 3. The summed E-state index contributed by atoms with van der Waals surface area (Å²) in [6.45, 7) is 5.47. The van der Waals surface area contributed by atoms with E-state index in [9.17, 15) is 13.2 Å². The zero-order valence-corrected chi connectivity index (χ0v) is 15.8. The monoisotopic (exact) mass is 403 g/mol. The van der Waals surface area contributed by atoms with E-state index in [2.05, 4.69) is 15.3 Å². The molecular weight excluding hydrogens is 387 g/mol. The van der Waals surface area contributed by atoms with E-state index in [1.54, 1.807) is 30.9 Å². The number of aryl methyl sites for hydroxylation is 2. The van der Waals surface area contributed by atoms with Crippen LogP contribution in [0.3, 0.4) is 0 Å². The summed E-state index contributed by atoms with van der Waals surface area (Å²) in [5.41, 5.74) is 0.529. The van der Waals surface area contributed by atoms with Gasteiger partial charge in [0, 0.05) is 11.7 Å². The van der Waals surface area contributed by atoms with E-state index in [4.69, 9.17) is 14.3 Å². The van der Waals surface area contributed by atoms with Crippen molar-refractivity contribution in [3.05, 3.63) is 46.1 Å². The van der Waals surface area contributed by atoms with Gasteiger partial charge in [-0.25, -0.2) is 0 Å². The lowest BCUT2D eigenvalue weighted by Crippen LogP contribution is -2.29. The van der Waals surface area contributed by atoms with Gasteiger partial charge in [-0.3, -0.25) is 0 Å². The van der Waals surface area contributed by atoms with Crippen molar-refractivity contribution in [3.8, 4) is 17.5 Å². The number of benzene rings is 1. The van der Waals surface area contributed by atoms with Crippen LogP contribution in [0.2, 0.25) is 0 Å². The molecular formula is C19H16F3N5O2. The second kappa shape index (κ2) is 6.62. The number of anilines is 1. The van der Waals surface area contributed by atoms with Crippen molar-refractivity contribution >= 4 is 5.69 Å². The molecule has 0 N–H and O–H groups in total. The molecule has 0 fully saturated rings. The molecule has 10 heteroatoms. The van der Waals surface area contributed by atoms with Crippen LogP contribution in [0.25, 0.3) is 11.5 Å². The minimum atomic E-state index is -4.60. The minimum Gasteiger partial charge on any atom is -0.361 e. The third-order valence-electron chi connectivity index (χ3n) is 5.06. The van der Waals surface area contributed by atoms with Crippen LogP contribution in [-0.2, 0) is 19.1 Å². The number of alkyl halides is 3. The van der Waals surface area contributed by atoms with Crippen LogP contribution in [0.4, 0.5) is 18.9 Å². The summed E-state index contributed by atoms with van der Waals surface area (Å²) in [5.74, 6) is 1.12. The van der Waals surface area contributed by atoms with Crippen LogP contribution in [0, 0.1) is 25.2 Å². The molecule has 29 heavy (non-hydrogen) atoms. The van der Waals surface area contributed by atoms with Gasteiger partial charge in [0.05, 0.1) is 29.4 Å². The van der Waals surface area contributed by atoms with Crippen LogP contribution in [0.15, 0.2) is 21.2 Å². The average molecular weight is 403 g/mol. The third-order valence-corrected chi connectivity index (χ3v) is 5.06. The van der Waals surface area contributed by atoms with E-state index < -0.39 is 11.7 Å². The molecule has 2 aromatic heterocycles. The van der Waals surface area contributed by atoms with Crippen LogP contribution < -0.4 is 4.90 Å². The molecule has 4 rings (SSSR count). The highest BCUT2D eigenvalue weighted by molar-refractivity contribution is 5.66. The smallest absolute Gasteiger partial charge is 0.361 e. The Morgan fingerprint density at radius 2 is 2.00 bits per heavy atom. The van der Waals surface area contributed by atoms with Crippen LogP contribution in [-0.4, -0.2) is 21.3 Å². The van der Waals surface area contributed by atoms with Gasteiger partial charge in [0.2, 0.25) is 0 Å². The lowest BCUT2D eigenvalue weighted by Gasteiger charge is -2.23. The molecule has 0 amide bonds. The molecule has 3 heterocycles. The largest absolute Gasteiger partial charge is 0.418 e. The minimum absolute atomic E-state index is 0.124. The summed E-state index contributed by atoms with van der Waals surface area (Å²) in [4.78, 5) is 6.14. The first-order chi connectivity index (χ1) is 13.7. The first kappa shape index (κ1) is 19.0. The summed E-state index contributed by atoms with van der Waals surface area (Å²) in [5, 5.41) is 16.9. The topological polar surface area (TPSA) is 92.0 Å². The van der Waals surface area contributed by atoms with E-state index >= 15 is 0 Å². The molecule has 0 radical (unpaired) electrons. The van der Waals surface area contributed by atoms with E-state index in [-0.39, 0.29) is 36.0 Å². The third kappa shape index (κ3) is 3.12. The van der Waals surface area contributed by atoms with Crippen molar-refractivity contribution in [2.45, 2.75) is 46.0 Å². The molecule has 0 spiro atoms. The number of nitriles is 1. The molecule has 0 saturated carbocycles. The van der Waals surface area contributed by atoms with E-state index in [1.165, 1.54) is 6.07 Å². The molecule has 1 unspecified atom stereocenters. The lowest BCUT2D eigenvalue weighted by molar-refractivity contribution is -0.138. The highest BCUT2D eigenvalue weighted by Crippen LogP contribution is 2.43. The lowest BCUT2D eigenvalue weighted by atomic mass is 9.98. The summed E-state index contributed by atoms with van der Waals surface area (Å²) >= 11 is 0. The number of fused-ring (bicyclic) bond motifs is 1. The van der Waals surface area contributed by atoms with E-state index in [0.29, 0.717) is 28.5 Å². The van der Waals surface area contributed by atoms with Gasteiger partial charge in [-0.1, -0.05) is 10.3 Å². The highest BCUT2D eigenvalue weighted by atomic mass is 19.4. The molecule has 1 atom stereocenters. The zero-order valence-electron chi connectivity index (χ0n) is 15.8.